The van der Waals surface area contributed by atoms with Crippen molar-refractivity contribution in [2.75, 3.05) is 7.05 Å². The lowest BCUT2D eigenvalue weighted by atomic mass is 9.95. The Morgan fingerprint density at radius 1 is 1.28 bits per heavy atom. The number of hydrogen-bond acceptors (Lipinski definition) is 4. The summed E-state index contributed by atoms with van der Waals surface area (Å²) in [4.78, 5) is 4.55. The molecule has 94 valence electrons. The van der Waals surface area contributed by atoms with Crippen molar-refractivity contribution in [3.63, 3.8) is 0 Å². The quantitative estimate of drug-likeness (QED) is 0.896. The van der Waals surface area contributed by atoms with Crippen molar-refractivity contribution in [1.29, 1.82) is 0 Å². The second-order valence-corrected chi connectivity index (χ2v) is 4.91. The monoisotopic (exact) mass is 243 g/mol. The fourth-order valence-corrected chi connectivity index (χ4v) is 2.25. The van der Waals surface area contributed by atoms with Crippen LogP contribution in [0.15, 0.2) is 34.9 Å². The molecule has 0 aliphatic heterocycles. The Kier molecular flexibility index (Phi) is 2.67. The highest BCUT2D eigenvalue weighted by atomic mass is 16.5. The van der Waals surface area contributed by atoms with E-state index in [1.165, 1.54) is 5.56 Å². The summed E-state index contributed by atoms with van der Waals surface area (Å²) in [5.74, 6) is 1.49. The maximum atomic E-state index is 5.34. The Hall–Kier alpha value is -1.68. The van der Waals surface area contributed by atoms with Crippen LogP contribution in [0, 0.1) is 0 Å². The molecule has 1 fully saturated rings. The topological polar surface area (TPSA) is 51.0 Å². The van der Waals surface area contributed by atoms with Crippen LogP contribution in [0.4, 0.5) is 0 Å². The van der Waals surface area contributed by atoms with Crippen molar-refractivity contribution in [2.45, 2.75) is 31.2 Å². The van der Waals surface area contributed by atoms with E-state index in [-0.39, 0.29) is 11.5 Å². The van der Waals surface area contributed by atoms with E-state index in [0.717, 1.165) is 18.7 Å². The van der Waals surface area contributed by atoms with E-state index in [4.69, 9.17) is 4.52 Å². The van der Waals surface area contributed by atoms with Crippen LogP contribution in [0.1, 0.15) is 43.1 Å². The van der Waals surface area contributed by atoms with Gasteiger partial charge in [-0.3, -0.25) is 0 Å². The zero-order chi connectivity index (χ0) is 12.6. The van der Waals surface area contributed by atoms with Gasteiger partial charge in [0.25, 0.3) is 0 Å². The molecule has 0 bridgehead atoms. The maximum Gasteiger partial charge on any atom is 0.243 e. The van der Waals surface area contributed by atoms with Gasteiger partial charge in [-0.2, -0.15) is 4.98 Å². The average molecular weight is 243 g/mol. The number of nitrogens with zero attached hydrogens (tertiary/aromatic N) is 2. The highest BCUT2D eigenvalue weighted by Crippen LogP contribution is 2.52. The highest BCUT2D eigenvalue weighted by molar-refractivity contribution is 5.38. The first-order valence-corrected chi connectivity index (χ1v) is 6.33. The minimum Gasteiger partial charge on any atom is -0.338 e. The molecule has 18 heavy (non-hydrogen) atoms. The van der Waals surface area contributed by atoms with Gasteiger partial charge in [-0.25, -0.2) is 0 Å². The lowest BCUT2D eigenvalue weighted by Crippen LogP contribution is -2.14. The lowest BCUT2D eigenvalue weighted by molar-refractivity contribution is 0.341. The minimum atomic E-state index is -0.00350. The third kappa shape index (κ3) is 1.73. The van der Waals surface area contributed by atoms with E-state index in [1.54, 1.807) is 0 Å². The average Bonchev–Trinajstić information content (AvgIpc) is 3.10. The molecule has 4 nitrogen and oxygen atoms in total. The smallest absolute Gasteiger partial charge is 0.243 e. The molecule has 1 saturated carbocycles. The molecule has 3 rings (SSSR count). The van der Waals surface area contributed by atoms with Gasteiger partial charge in [0.1, 0.15) is 0 Å². The van der Waals surface area contributed by atoms with Crippen LogP contribution in [-0.4, -0.2) is 17.2 Å². The first-order chi connectivity index (χ1) is 8.76. The van der Waals surface area contributed by atoms with Crippen LogP contribution in [0.3, 0.4) is 0 Å². The second-order valence-electron chi connectivity index (χ2n) is 4.91. The summed E-state index contributed by atoms with van der Waals surface area (Å²) in [7, 11) is 1.89. The summed E-state index contributed by atoms with van der Waals surface area (Å²) in [5.41, 5.74) is 1.28. The summed E-state index contributed by atoms with van der Waals surface area (Å²) in [6.45, 7) is 2.01. The van der Waals surface area contributed by atoms with E-state index in [1.807, 2.05) is 20.0 Å². The van der Waals surface area contributed by atoms with Gasteiger partial charge in [-0.05, 0) is 32.4 Å². The Morgan fingerprint density at radius 2 is 2.00 bits per heavy atom. The van der Waals surface area contributed by atoms with Crippen LogP contribution in [-0.2, 0) is 5.41 Å². The van der Waals surface area contributed by atoms with Crippen LogP contribution in [0.2, 0.25) is 0 Å². The molecule has 1 aliphatic carbocycles. The molecule has 1 aromatic carbocycles. The summed E-state index contributed by atoms with van der Waals surface area (Å²) in [5, 5.41) is 7.28. The Morgan fingerprint density at radius 3 is 2.61 bits per heavy atom. The van der Waals surface area contributed by atoms with Gasteiger partial charge in [0.2, 0.25) is 5.89 Å². The Bertz CT molecular complexity index is 531. The largest absolute Gasteiger partial charge is 0.338 e. The fourth-order valence-electron chi connectivity index (χ4n) is 2.25. The standard InChI is InChI=1S/C14H17N3O/c1-10(15-2)12-16-13(17-18-12)14(8-9-14)11-6-4-3-5-7-11/h3-7,10,15H,8-9H2,1-2H3. The van der Waals surface area contributed by atoms with E-state index in [9.17, 15) is 0 Å². The van der Waals surface area contributed by atoms with Gasteiger partial charge in [0.05, 0.1) is 11.5 Å². The van der Waals surface area contributed by atoms with Crippen LogP contribution >= 0.6 is 0 Å². The van der Waals surface area contributed by atoms with Crippen molar-refractivity contribution in [2.24, 2.45) is 0 Å². The van der Waals surface area contributed by atoms with E-state index >= 15 is 0 Å². The first-order valence-electron chi connectivity index (χ1n) is 6.33. The third-order valence-electron chi connectivity index (χ3n) is 3.75. The molecule has 0 radical (unpaired) electrons. The number of rotatable bonds is 4. The molecule has 1 unspecified atom stereocenters. The SMILES string of the molecule is CNC(C)c1nc(C2(c3ccccc3)CC2)no1. The predicted octanol–water partition coefficient (Wildman–Crippen LogP) is 2.43. The molecular formula is C14H17N3O. The molecule has 1 aliphatic rings. The molecule has 2 aromatic rings. The molecule has 0 spiro atoms. The van der Waals surface area contributed by atoms with Crippen molar-refractivity contribution in [1.82, 2.24) is 15.5 Å². The molecule has 0 amide bonds. The van der Waals surface area contributed by atoms with Crippen LogP contribution in [0.5, 0.6) is 0 Å². The molecule has 4 heteroatoms. The third-order valence-corrected chi connectivity index (χ3v) is 3.75. The molecular weight excluding hydrogens is 226 g/mol. The summed E-state index contributed by atoms with van der Waals surface area (Å²) in [6, 6.07) is 10.5. The van der Waals surface area contributed by atoms with Gasteiger partial charge >= 0.3 is 0 Å². The number of hydrogen-bond donors (Lipinski definition) is 1. The van der Waals surface area contributed by atoms with Gasteiger partial charge < -0.3 is 9.84 Å². The number of nitrogens with one attached hydrogen (secondary N) is 1. The summed E-state index contributed by atoms with van der Waals surface area (Å²) >= 11 is 0. The number of aromatic nitrogens is 2. The second kappa shape index (κ2) is 4.21. The van der Waals surface area contributed by atoms with Crippen molar-refractivity contribution in [3.05, 3.63) is 47.6 Å². The summed E-state index contributed by atoms with van der Waals surface area (Å²) < 4.78 is 5.34. The van der Waals surface area contributed by atoms with E-state index in [2.05, 4.69) is 39.7 Å². The molecule has 1 N–H and O–H groups in total. The van der Waals surface area contributed by atoms with Crippen molar-refractivity contribution in [3.8, 4) is 0 Å². The van der Waals surface area contributed by atoms with Crippen molar-refractivity contribution >= 4 is 0 Å². The zero-order valence-electron chi connectivity index (χ0n) is 10.7. The highest BCUT2D eigenvalue weighted by Gasteiger charge is 2.49. The van der Waals surface area contributed by atoms with Crippen LogP contribution < -0.4 is 5.32 Å². The molecule has 1 heterocycles. The van der Waals surface area contributed by atoms with Gasteiger partial charge in [0, 0.05) is 0 Å². The molecule has 0 saturated heterocycles. The van der Waals surface area contributed by atoms with Gasteiger partial charge in [-0.1, -0.05) is 35.5 Å². The Labute approximate surface area is 106 Å². The molecule has 1 atom stereocenters. The number of benzene rings is 1. The van der Waals surface area contributed by atoms with Gasteiger partial charge in [0.15, 0.2) is 5.82 Å². The lowest BCUT2D eigenvalue weighted by Gasteiger charge is -2.10. The first kappa shape index (κ1) is 11.4. The van der Waals surface area contributed by atoms with E-state index < -0.39 is 0 Å². The molecule has 1 aromatic heterocycles. The minimum absolute atomic E-state index is 0.00350. The van der Waals surface area contributed by atoms with E-state index in [0.29, 0.717) is 5.89 Å². The van der Waals surface area contributed by atoms with Crippen molar-refractivity contribution < 1.29 is 4.52 Å². The van der Waals surface area contributed by atoms with Gasteiger partial charge in [-0.15, -0.1) is 0 Å². The fraction of sp³-hybridized carbons (Fsp3) is 0.429. The zero-order valence-corrected chi connectivity index (χ0v) is 10.7. The Balaban J connectivity index is 1.93. The predicted molar refractivity (Wildman–Crippen MR) is 68.2 cm³/mol. The maximum absolute atomic E-state index is 5.34. The summed E-state index contributed by atoms with van der Waals surface area (Å²) in [6.07, 6.45) is 2.20. The van der Waals surface area contributed by atoms with Crippen LogP contribution in [0.25, 0.3) is 0 Å². The normalized spacial score (nSPS) is 18.6.